The maximum Gasteiger partial charge on any atom is 0.491 e. The van der Waals surface area contributed by atoms with Crippen molar-refractivity contribution in [3.8, 4) is 5.75 Å². The second-order valence-electron chi connectivity index (χ2n) is 22.7. The molecule has 0 bridgehead atoms. The lowest BCUT2D eigenvalue weighted by molar-refractivity contribution is -0.206. The minimum Gasteiger partial charge on any atom is -0.506 e. The van der Waals surface area contributed by atoms with Gasteiger partial charge in [-0.1, -0.05) is 127 Å². The van der Waals surface area contributed by atoms with Crippen LogP contribution >= 0.6 is 0 Å². The summed E-state index contributed by atoms with van der Waals surface area (Å²) in [6.07, 6.45) is 7.98. The van der Waals surface area contributed by atoms with E-state index < -0.39 is 11.9 Å². The summed E-state index contributed by atoms with van der Waals surface area (Å²) in [7, 11) is 1.77. The van der Waals surface area contributed by atoms with Crippen molar-refractivity contribution < 1.29 is 18.3 Å². The van der Waals surface area contributed by atoms with Gasteiger partial charge in [0, 0.05) is 91.6 Å². The zero-order valence-corrected chi connectivity index (χ0v) is 51.8. The molecule has 1 fully saturated rings. The van der Waals surface area contributed by atoms with E-state index in [9.17, 15) is 37.5 Å². The number of H-pyrrole nitrogens is 1. The van der Waals surface area contributed by atoms with E-state index in [1.54, 1.807) is 69.0 Å². The first-order valence-electron chi connectivity index (χ1n) is 28.0. The van der Waals surface area contributed by atoms with Gasteiger partial charge in [0.25, 0.3) is 11.1 Å². The van der Waals surface area contributed by atoms with Gasteiger partial charge in [-0.2, -0.15) is 0 Å². The molecule has 15 heteroatoms. The number of aromatic nitrogens is 7. The summed E-state index contributed by atoms with van der Waals surface area (Å²) in [5, 5.41) is 9.29. The Morgan fingerprint density at radius 1 is 0.519 bits per heavy atom. The molecule has 7 aromatic rings. The predicted molar refractivity (Wildman–Crippen MR) is 326 cm³/mol. The first kappa shape index (κ1) is 69.9. The van der Waals surface area contributed by atoms with Crippen LogP contribution in [0.1, 0.15) is 225 Å². The second-order valence-corrected chi connectivity index (χ2v) is 22.7. The minimum atomic E-state index is -4.64. The van der Waals surface area contributed by atoms with E-state index in [2.05, 4.69) is 135 Å². The molecule has 0 aliphatic heterocycles. The molecule has 442 valence electrons. The van der Waals surface area contributed by atoms with E-state index in [0.717, 1.165) is 29.2 Å². The third kappa shape index (κ3) is 24.6. The van der Waals surface area contributed by atoms with Crippen molar-refractivity contribution in [2.45, 2.75) is 198 Å². The van der Waals surface area contributed by atoms with Gasteiger partial charge in [0.1, 0.15) is 5.75 Å². The molecule has 0 unspecified atom stereocenters. The van der Waals surface area contributed by atoms with E-state index >= 15 is 0 Å². The first-order valence-corrected chi connectivity index (χ1v) is 28.0. The number of aromatic amines is 1. The Balaban J connectivity index is 0.000000324. The van der Waals surface area contributed by atoms with Crippen molar-refractivity contribution in [1.82, 2.24) is 33.6 Å². The van der Waals surface area contributed by atoms with Crippen LogP contribution in [0.15, 0.2) is 129 Å². The van der Waals surface area contributed by atoms with Crippen LogP contribution in [0.3, 0.4) is 0 Å². The van der Waals surface area contributed by atoms with Gasteiger partial charge in [-0.05, 0) is 152 Å². The molecular formula is C66H92F3N7O5. The lowest BCUT2D eigenvalue weighted by atomic mass is 10.0. The van der Waals surface area contributed by atoms with Gasteiger partial charge in [-0.3, -0.25) is 34.1 Å². The van der Waals surface area contributed by atoms with Gasteiger partial charge < -0.3 is 19.2 Å². The number of nitrogens with zero attached hydrogens (tertiary/aromatic N) is 6. The van der Waals surface area contributed by atoms with Crippen LogP contribution in [0.4, 0.5) is 13.2 Å². The van der Waals surface area contributed by atoms with Crippen molar-refractivity contribution in [3.05, 3.63) is 219 Å². The number of hydrogen-bond acceptors (Lipinski definition) is 8. The van der Waals surface area contributed by atoms with E-state index in [-0.39, 0.29) is 32.9 Å². The molecule has 12 nitrogen and oxygen atoms in total. The summed E-state index contributed by atoms with van der Waals surface area (Å²) in [4.78, 5) is 59.2. The summed E-state index contributed by atoms with van der Waals surface area (Å²) in [5.74, 6) is 3.32. The molecule has 81 heavy (non-hydrogen) atoms. The fraction of sp³-hybridized carbons (Fsp3) is 0.470. The van der Waals surface area contributed by atoms with Crippen LogP contribution in [0, 0.1) is 34.6 Å². The highest BCUT2D eigenvalue weighted by Gasteiger charge is 2.31. The van der Waals surface area contributed by atoms with E-state index in [0.29, 0.717) is 52.8 Å². The lowest BCUT2D eigenvalue weighted by Crippen LogP contribution is -2.30. The SMILES string of the molecule is CC(C)c1ccc(=O)[nH]c1.CC(C)c1ccc(=O)n(C(F)(F)F)c1.CC(C)c1ccc(=O)n(C)c1.CC(C)c1ccc(=O)n(C2CC2)c1.Cc1cc(C)c(C(C)C)cn1.Cc1ccc(C(C)C)c(C)n1.Cc1ncc(C(C)C)cc1O. The molecule has 7 heterocycles. The molecule has 7 aromatic heterocycles. The zero-order chi connectivity index (χ0) is 61.6. The molecule has 0 amide bonds. The van der Waals surface area contributed by atoms with E-state index in [1.807, 2.05) is 55.2 Å². The molecule has 8 rings (SSSR count). The van der Waals surface area contributed by atoms with Crippen molar-refractivity contribution in [3.63, 3.8) is 0 Å². The number of aromatic hydroxyl groups is 1. The Morgan fingerprint density at radius 3 is 1.44 bits per heavy atom. The smallest absolute Gasteiger partial charge is 0.491 e. The van der Waals surface area contributed by atoms with Gasteiger partial charge in [0.2, 0.25) is 11.1 Å². The number of aryl methyl sites for hydroxylation is 6. The number of hydrogen-bond donors (Lipinski definition) is 2. The molecule has 1 aliphatic carbocycles. The van der Waals surface area contributed by atoms with Gasteiger partial charge in [-0.15, -0.1) is 13.2 Å². The average Bonchev–Trinajstić information content (AvgIpc) is 4.24. The summed E-state index contributed by atoms with van der Waals surface area (Å²) in [6, 6.07) is 21.5. The molecule has 0 radical (unpaired) electrons. The Labute approximate surface area is 479 Å². The van der Waals surface area contributed by atoms with Crippen molar-refractivity contribution >= 4 is 0 Å². The molecule has 0 aromatic carbocycles. The molecule has 1 aliphatic rings. The van der Waals surface area contributed by atoms with Gasteiger partial charge in [0.05, 0.1) is 5.69 Å². The van der Waals surface area contributed by atoms with Crippen molar-refractivity contribution in [2.24, 2.45) is 7.05 Å². The summed E-state index contributed by atoms with van der Waals surface area (Å²) < 4.78 is 40.0. The van der Waals surface area contributed by atoms with Crippen LogP contribution in [-0.2, 0) is 13.3 Å². The third-order valence-electron chi connectivity index (χ3n) is 13.2. The fourth-order valence-corrected chi connectivity index (χ4v) is 7.75. The van der Waals surface area contributed by atoms with Crippen LogP contribution in [-0.4, -0.2) is 38.7 Å². The number of nitrogens with one attached hydrogen (secondary N) is 1. The quantitative estimate of drug-likeness (QED) is 0.152. The standard InChI is InChI=1S/C11H15NO.2C10H15N.C9H10F3NO.2C9H13NO.C8H11NO/c1-8(2)9-3-6-11(13)12(7-9)10-4-5-10;1-7(2)10-6-11-9(4)5-8(10)3;1-7(2)10-6-5-8(3)11-9(10)4;1-6(2)7-3-4-8(14)13(5-7)9(10,11)12;1-6(2)8-4-9(11)7(3)10-5-8;1-7(2)8-4-5-9(11)10(3)6-8;1-6(2)7-3-4-8(10)9-5-7/h3,6-8,10H,4-5H2,1-2H3;2*5-7H,1-4H3;3-6H,1-2H3;4-6,11H,1-3H3;4-7H,1-3H3;3-6H,1-2H3,(H,9,10). The van der Waals surface area contributed by atoms with Crippen molar-refractivity contribution in [1.29, 1.82) is 0 Å². The Morgan fingerprint density at radius 2 is 1.01 bits per heavy atom. The molecular weight excluding hydrogens is 1030 g/mol. The lowest BCUT2D eigenvalue weighted by Gasteiger charge is -2.12. The van der Waals surface area contributed by atoms with Crippen molar-refractivity contribution in [2.75, 3.05) is 0 Å². The Hall–Kier alpha value is -7.16. The Bertz CT molecular complexity index is 3210. The van der Waals surface area contributed by atoms with Crippen LogP contribution < -0.4 is 22.2 Å². The normalized spacial score (nSPS) is 11.8. The number of alkyl halides is 3. The minimum absolute atomic E-state index is 0.0376. The largest absolute Gasteiger partial charge is 0.506 e. The van der Waals surface area contributed by atoms with Gasteiger partial charge in [-0.25, -0.2) is 4.57 Å². The van der Waals surface area contributed by atoms with Crippen LogP contribution in [0.25, 0.3) is 0 Å². The highest BCUT2D eigenvalue weighted by Crippen LogP contribution is 2.34. The van der Waals surface area contributed by atoms with Crippen LogP contribution in [0.5, 0.6) is 5.75 Å². The highest BCUT2D eigenvalue weighted by atomic mass is 19.4. The monoisotopic (exact) mass is 1120 g/mol. The summed E-state index contributed by atoms with van der Waals surface area (Å²) in [6.45, 7) is 39.2. The molecule has 0 spiro atoms. The molecule has 2 N–H and O–H groups in total. The Kier molecular flexibility index (Phi) is 28.4. The zero-order valence-electron chi connectivity index (χ0n) is 51.8. The fourth-order valence-electron chi connectivity index (χ4n) is 7.75. The topological polar surface area (TPSA) is 158 Å². The number of halogens is 3. The highest BCUT2D eigenvalue weighted by molar-refractivity contribution is 5.31. The van der Waals surface area contributed by atoms with E-state index in [1.165, 1.54) is 58.0 Å². The van der Waals surface area contributed by atoms with Gasteiger partial charge in [0.15, 0.2) is 0 Å². The maximum atomic E-state index is 12.3. The van der Waals surface area contributed by atoms with Gasteiger partial charge >= 0.3 is 6.30 Å². The average molecular weight is 1120 g/mol. The number of rotatable bonds is 8. The second kappa shape index (κ2) is 32.9. The molecule has 0 atom stereocenters. The number of pyridine rings is 7. The maximum absolute atomic E-state index is 12.3. The van der Waals surface area contributed by atoms with E-state index in [4.69, 9.17) is 0 Å². The van der Waals surface area contributed by atoms with Crippen LogP contribution in [0.2, 0.25) is 0 Å². The summed E-state index contributed by atoms with van der Waals surface area (Å²) >= 11 is 0. The molecule has 0 saturated heterocycles. The third-order valence-corrected chi connectivity index (χ3v) is 13.2. The molecule has 1 saturated carbocycles. The first-order chi connectivity index (χ1) is 37.6. The summed E-state index contributed by atoms with van der Waals surface area (Å²) in [5.41, 5.74) is 12.4. The predicted octanol–water partition coefficient (Wildman–Crippen LogP) is 15.6.